The van der Waals surface area contributed by atoms with Gasteiger partial charge in [0.25, 0.3) is 0 Å². The van der Waals surface area contributed by atoms with Crippen LogP contribution in [0.2, 0.25) is 0 Å². The average Bonchev–Trinajstić information content (AvgIpc) is 2.23. The van der Waals surface area contributed by atoms with Crippen molar-refractivity contribution in [3.8, 4) is 0 Å². The van der Waals surface area contributed by atoms with Crippen LogP contribution < -0.4 is 5.32 Å². The summed E-state index contributed by atoms with van der Waals surface area (Å²) in [6.07, 6.45) is 2.43. The first-order valence-corrected chi connectivity index (χ1v) is 6.48. The highest BCUT2D eigenvalue weighted by Gasteiger charge is 2.10. The molecule has 0 aromatic heterocycles. The highest BCUT2D eigenvalue weighted by molar-refractivity contribution is 4.64. The molecule has 0 heterocycles. The molecule has 0 rings (SSSR count). The van der Waals surface area contributed by atoms with Gasteiger partial charge in [-0.3, -0.25) is 0 Å². The quantitative estimate of drug-likeness (QED) is 0.554. The summed E-state index contributed by atoms with van der Waals surface area (Å²) in [6, 6.07) is 0. The summed E-state index contributed by atoms with van der Waals surface area (Å²) >= 11 is 0. The molecule has 0 radical (unpaired) electrons. The molecule has 0 saturated carbocycles. The maximum absolute atomic E-state index is 5.42. The molecule has 0 aromatic carbocycles. The summed E-state index contributed by atoms with van der Waals surface area (Å²) in [4.78, 5) is 0. The van der Waals surface area contributed by atoms with Gasteiger partial charge in [0.1, 0.15) is 0 Å². The van der Waals surface area contributed by atoms with Crippen LogP contribution in [-0.2, 0) is 9.47 Å². The number of hydrogen-bond acceptors (Lipinski definition) is 3. The number of nitrogens with one attached hydrogen (secondary N) is 1. The molecule has 0 spiro atoms. The first-order chi connectivity index (χ1) is 7.70. The summed E-state index contributed by atoms with van der Waals surface area (Å²) in [6.45, 7) is 11.1. The second-order valence-electron chi connectivity index (χ2n) is 4.68. The molecule has 3 nitrogen and oxygen atoms in total. The van der Waals surface area contributed by atoms with E-state index in [-0.39, 0.29) is 0 Å². The highest BCUT2D eigenvalue weighted by Crippen LogP contribution is 2.14. The van der Waals surface area contributed by atoms with Gasteiger partial charge in [0.05, 0.1) is 6.61 Å². The molecule has 16 heavy (non-hydrogen) atoms. The van der Waals surface area contributed by atoms with Crippen LogP contribution in [0.5, 0.6) is 0 Å². The molecule has 1 unspecified atom stereocenters. The van der Waals surface area contributed by atoms with Crippen LogP contribution in [0.25, 0.3) is 0 Å². The van der Waals surface area contributed by atoms with E-state index >= 15 is 0 Å². The molecule has 1 atom stereocenters. The Bertz CT molecular complexity index is 140. The van der Waals surface area contributed by atoms with Crippen molar-refractivity contribution in [1.82, 2.24) is 5.32 Å². The van der Waals surface area contributed by atoms with Gasteiger partial charge in [0.2, 0.25) is 0 Å². The number of methoxy groups -OCH3 is 1. The second kappa shape index (κ2) is 11.4. The fourth-order valence-electron chi connectivity index (χ4n) is 1.84. The molecule has 98 valence electrons. The minimum Gasteiger partial charge on any atom is -0.383 e. The molecule has 0 aliphatic rings. The van der Waals surface area contributed by atoms with Crippen molar-refractivity contribution in [2.24, 2.45) is 11.8 Å². The van der Waals surface area contributed by atoms with Gasteiger partial charge in [-0.15, -0.1) is 0 Å². The third kappa shape index (κ3) is 10.4. The summed E-state index contributed by atoms with van der Waals surface area (Å²) in [5, 5.41) is 3.44. The lowest BCUT2D eigenvalue weighted by Gasteiger charge is -2.19. The Labute approximate surface area is 101 Å². The molecule has 0 aromatic rings. The Kier molecular flexibility index (Phi) is 11.3. The maximum atomic E-state index is 5.42. The number of ether oxygens (including phenoxy) is 2. The van der Waals surface area contributed by atoms with Gasteiger partial charge in [0, 0.05) is 26.9 Å². The molecule has 0 amide bonds. The van der Waals surface area contributed by atoms with Gasteiger partial charge in [-0.1, -0.05) is 13.8 Å². The highest BCUT2D eigenvalue weighted by atomic mass is 16.5. The lowest BCUT2D eigenvalue weighted by Crippen LogP contribution is -2.27. The summed E-state index contributed by atoms with van der Waals surface area (Å²) in [5.74, 6) is 1.49. The van der Waals surface area contributed by atoms with E-state index in [0.717, 1.165) is 51.2 Å². The van der Waals surface area contributed by atoms with Crippen LogP contribution >= 0.6 is 0 Å². The molecular weight excluding hydrogens is 202 g/mol. The van der Waals surface area contributed by atoms with Gasteiger partial charge in [0.15, 0.2) is 0 Å². The average molecular weight is 231 g/mol. The van der Waals surface area contributed by atoms with Gasteiger partial charge >= 0.3 is 0 Å². The van der Waals surface area contributed by atoms with Gasteiger partial charge in [-0.25, -0.2) is 0 Å². The Balaban J connectivity index is 3.63. The summed E-state index contributed by atoms with van der Waals surface area (Å²) < 4.78 is 10.4. The lowest BCUT2D eigenvalue weighted by molar-refractivity contribution is 0.127. The topological polar surface area (TPSA) is 30.5 Å². The lowest BCUT2D eigenvalue weighted by atomic mass is 9.94. The van der Waals surface area contributed by atoms with Crippen LogP contribution in [0.1, 0.15) is 33.6 Å². The third-order valence-corrected chi connectivity index (χ3v) is 2.60. The largest absolute Gasteiger partial charge is 0.383 e. The smallest absolute Gasteiger partial charge is 0.0587 e. The van der Waals surface area contributed by atoms with Gasteiger partial charge in [-0.2, -0.15) is 0 Å². The van der Waals surface area contributed by atoms with Crippen LogP contribution in [0.15, 0.2) is 0 Å². The van der Waals surface area contributed by atoms with Gasteiger partial charge < -0.3 is 14.8 Å². The van der Waals surface area contributed by atoms with Gasteiger partial charge in [-0.05, 0) is 38.1 Å². The molecule has 1 N–H and O–H groups in total. The molecule has 0 saturated heterocycles. The fraction of sp³-hybridized carbons (Fsp3) is 1.00. The van der Waals surface area contributed by atoms with Crippen molar-refractivity contribution in [2.45, 2.75) is 33.6 Å². The van der Waals surface area contributed by atoms with Crippen LogP contribution in [-0.4, -0.2) is 40.0 Å². The first kappa shape index (κ1) is 15.9. The van der Waals surface area contributed by atoms with E-state index in [1.54, 1.807) is 7.11 Å². The Hall–Kier alpha value is -0.120. The first-order valence-electron chi connectivity index (χ1n) is 6.48. The number of hydrogen-bond donors (Lipinski definition) is 1. The van der Waals surface area contributed by atoms with Crippen LogP contribution in [0, 0.1) is 11.8 Å². The second-order valence-corrected chi connectivity index (χ2v) is 4.68. The normalized spacial score (nSPS) is 13.3. The monoisotopic (exact) mass is 231 g/mol. The SMILES string of the molecule is CCOCCC(CNCCOC)CC(C)C. The van der Waals surface area contributed by atoms with E-state index < -0.39 is 0 Å². The molecule has 0 fully saturated rings. The summed E-state index contributed by atoms with van der Waals surface area (Å²) in [7, 11) is 1.74. The van der Waals surface area contributed by atoms with Crippen molar-refractivity contribution < 1.29 is 9.47 Å². The third-order valence-electron chi connectivity index (χ3n) is 2.60. The molecule has 0 aliphatic heterocycles. The Morgan fingerprint density at radius 3 is 2.50 bits per heavy atom. The van der Waals surface area contributed by atoms with E-state index in [2.05, 4.69) is 19.2 Å². The van der Waals surface area contributed by atoms with Crippen molar-refractivity contribution in [2.75, 3.05) is 40.0 Å². The zero-order valence-electron chi connectivity index (χ0n) is 11.4. The van der Waals surface area contributed by atoms with Crippen LogP contribution in [0.3, 0.4) is 0 Å². The molecular formula is C13H29NO2. The molecule has 3 heteroatoms. The van der Waals surface area contributed by atoms with E-state index in [0.29, 0.717) is 0 Å². The Morgan fingerprint density at radius 1 is 1.19 bits per heavy atom. The van der Waals surface area contributed by atoms with E-state index in [1.165, 1.54) is 6.42 Å². The van der Waals surface area contributed by atoms with Crippen molar-refractivity contribution >= 4 is 0 Å². The Morgan fingerprint density at radius 2 is 1.94 bits per heavy atom. The van der Waals surface area contributed by atoms with Crippen molar-refractivity contribution in [1.29, 1.82) is 0 Å². The number of rotatable bonds is 11. The minimum atomic E-state index is 0.725. The zero-order valence-corrected chi connectivity index (χ0v) is 11.4. The maximum Gasteiger partial charge on any atom is 0.0587 e. The summed E-state index contributed by atoms with van der Waals surface area (Å²) in [5.41, 5.74) is 0. The van der Waals surface area contributed by atoms with E-state index in [9.17, 15) is 0 Å². The molecule has 0 aliphatic carbocycles. The van der Waals surface area contributed by atoms with Crippen LogP contribution in [0.4, 0.5) is 0 Å². The van der Waals surface area contributed by atoms with E-state index in [4.69, 9.17) is 9.47 Å². The molecule has 0 bridgehead atoms. The van der Waals surface area contributed by atoms with E-state index in [1.807, 2.05) is 6.92 Å². The standard InChI is InChI=1S/C13H29NO2/c1-5-16-8-6-13(10-12(2)3)11-14-7-9-15-4/h12-14H,5-11H2,1-4H3. The minimum absolute atomic E-state index is 0.725. The van der Waals surface area contributed by atoms with Crippen molar-refractivity contribution in [3.05, 3.63) is 0 Å². The zero-order chi connectivity index (χ0) is 12.2. The predicted molar refractivity (Wildman–Crippen MR) is 68.8 cm³/mol. The fourth-order valence-corrected chi connectivity index (χ4v) is 1.84. The van der Waals surface area contributed by atoms with Crippen molar-refractivity contribution in [3.63, 3.8) is 0 Å². The predicted octanol–water partition coefficient (Wildman–Crippen LogP) is 2.31.